The largest absolute Gasteiger partial charge is 0.470 e. The molecule has 2 aromatic heterocycles. The Bertz CT molecular complexity index is 1270. The normalized spacial score (nSPS) is 17.7. The number of benzene rings is 1. The molecule has 11 nitrogen and oxygen atoms in total. The van der Waals surface area contributed by atoms with Crippen LogP contribution >= 0.6 is 0 Å². The predicted molar refractivity (Wildman–Crippen MR) is 132 cm³/mol. The van der Waals surface area contributed by atoms with Crippen LogP contribution in [0.15, 0.2) is 30.9 Å². The van der Waals surface area contributed by atoms with Gasteiger partial charge in [0.25, 0.3) is 0 Å². The highest BCUT2D eigenvalue weighted by Crippen LogP contribution is 2.33. The first-order valence-electron chi connectivity index (χ1n) is 12.2. The molecular weight excluding hydrogens is 462 g/mol. The molecule has 36 heavy (non-hydrogen) atoms. The van der Waals surface area contributed by atoms with Crippen molar-refractivity contribution < 1.29 is 19.1 Å². The molecule has 11 heteroatoms. The van der Waals surface area contributed by atoms with Gasteiger partial charge in [0.15, 0.2) is 17.7 Å². The number of hydrogen-bond donors (Lipinski definition) is 2. The molecule has 0 saturated carbocycles. The Morgan fingerprint density at radius 1 is 1.19 bits per heavy atom. The number of imidazole rings is 1. The highest BCUT2D eigenvalue weighted by atomic mass is 16.6. The topological polar surface area (TPSA) is 126 Å². The Labute approximate surface area is 209 Å². The van der Waals surface area contributed by atoms with Crippen LogP contribution in [-0.4, -0.2) is 68.3 Å². The van der Waals surface area contributed by atoms with Crippen molar-refractivity contribution >= 4 is 29.0 Å². The number of aromatic amines is 1. The molecule has 1 atom stereocenters. The second-order valence-electron chi connectivity index (χ2n) is 10.0. The Hall–Kier alpha value is -3.89. The minimum absolute atomic E-state index is 0.114. The highest BCUT2D eigenvalue weighted by Gasteiger charge is 2.31. The van der Waals surface area contributed by atoms with Crippen molar-refractivity contribution in [1.29, 1.82) is 0 Å². The minimum Gasteiger partial charge on any atom is -0.470 e. The lowest BCUT2D eigenvalue weighted by molar-refractivity contribution is -0.131. The quantitative estimate of drug-likeness (QED) is 0.556. The van der Waals surface area contributed by atoms with Crippen LogP contribution in [0.1, 0.15) is 44.7 Å². The third-order valence-electron chi connectivity index (χ3n) is 6.30. The van der Waals surface area contributed by atoms with Crippen LogP contribution in [0.2, 0.25) is 0 Å². The van der Waals surface area contributed by atoms with Gasteiger partial charge >= 0.3 is 6.09 Å². The second kappa shape index (κ2) is 9.63. The average Bonchev–Trinajstić information content (AvgIpc) is 3.51. The molecule has 2 N–H and O–H groups in total. The van der Waals surface area contributed by atoms with E-state index < -0.39 is 11.7 Å². The van der Waals surface area contributed by atoms with Gasteiger partial charge in [-0.2, -0.15) is 0 Å². The van der Waals surface area contributed by atoms with Crippen LogP contribution in [0.25, 0.3) is 11.2 Å². The smallest absolute Gasteiger partial charge is 0.408 e. The summed E-state index contributed by atoms with van der Waals surface area (Å²) in [5.41, 5.74) is 2.95. The van der Waals surface area contributed by atoms with E-state index in [4.69, 9.17) is 9.47 Å². The molecule has 1 saturated heterocycles. The Kier molecular flexibility index (Phi) is 6.38. The van der Waals surface area contributed by atoms with Crippen molar-refractivity contribution in [3.63, 3.8) is 0 Å². The standard InChI is InChI=1S/C25H31N7O4/c1-25(2,3)36-24(34)26-12-19(33)31-11-9-16-6-4-7-18(17(16)13-31)35-20-8-5-10-32(20)23-21-22(28-14-27-21)29-15-30-23/h4,6-7,14-15,20H,5,8-13H2,1-3H3,(H,26,34)(H,27,28,29,30). The molecular formula is C25H31N7O4. The zero-order chi connectivity index (χ0) is 25.3. The number of fused-ring (bicyclic) bond motifs is 2. The van der Waals surface area contributed by atoms with Crippen molar-refractivity contribution in [2.45, 2.75) is 58.4 Å². The van der Waals surface area contributed by atoms with Crippen LogP contribution in [-0.2, 0) is 22.5 Å². The molecule has 2 amide bonds. The fourth-order valence-corrected chi connectivity index (χ4v) is 4.66. The van der Waals surface area contributed by atoms with Crippen molar-refractivity contribution in [1.82, 2.24) is 30.2 Å². The van der Waals surface area contributed by atoms with E-state index in [0.717, 1.165) is 48.5 Å². The molecule has 190 valence electrons. The lowest BCUT2D eigenvalue weighted by atomic mass is 9.98. The molecule has 1 fully saturated rings. The van der Waals surface area contributed by atoms with Crippen LogP contribution in [0.3, 0.4) is 0 Å². The van der Waals surface area contributed by atoms with Gasteiger partial charge in [-0.3, -0.25) is 4.79 Å². The van der Waals surface area contributed by atoms with Crippen molar-refractivity contribution in [3.05, 3.63) is 42.0 Å². The lowest BCUT2D eigenvalue weighted by Crippen LogP contribution is -2.44. The Morgan fingerprint density at radius 3 is 2.89 bits per heavy atom. The van der Waals surface area contributed by atoms with Gasteiger partial charge < -0.3 is 29.6 Å². The number of anilines is 1. The van der Waals surface area contributed by atoms with E-state index in [-0.39, 0.29) is 18.7 Å². The number of carbonyl (C=O) groups is 2. The molecule has 0 radical (unpaired) electrons. The zero-order valence-electron chi connectivity index (χ0n) is 20.8. The molecule has 3 aromatic rings. The van der Waals surface area contributed by atoms with Gasteiger partial charge in [-0.25, -0.2) is 19.7 Å². The lowest BCUT2D eigenvalue weighted by Gasteiger charge is -2.32. The van der Waals surface area contributed by atoms with Gasteiger partial charge in [-0.1, -0.05) is 12.1 Å². The van der Waals surface area contributed by atoms with E-state index >= 15 is 0 Å². The highest BCUT2D eigenvalue weighted by molar-refractivity contribution is 5.83. The third kappa shape index (κ3) is 5.05. The molecule has 4 heterocycles. The van der Waals surface area contributed by atoms with Crippen molar-refractivity contribution in [2.75, 3.05) is 24.5 Å². The summed E-state index contributed by atoms with van der Waals surface area (Å²) in [5, 5.41) is 2.56. The maximum Gasteiger partial charge on any atom is 0.408 e. The number of hydrogen-bond acceptors (Lipinski definition) is 8. The summed E-state index contributed by atoms with van der Waals surface area (Å²) in [5.74, 6) is 1.37. The van der Waals surface area contributed by atoms with Crippen LogP contribution in [0, 0.1) is 0 Å². The summed E-state index contributed by atoms with van der Waals surface area (Å²) >= 11 is 0. The average molecular weight is 494 g/mol. The number of H-pyrrole nitrogens is 1. The fraction of sp³-hybridized carbons (Fsp3) is 0.480. The third-order valence-corrected chi connectivity index (χ3v) is 6.30. The molecule has 1 aromatic carbocycles. The zero-order valence-corrected chi connectivity index (χ0v) is 20.8. The van der Waals surface area contributed by atoms with Gasteiger partial charge in [0.2, 0.25) is 5.91 Å². The number of carbonyl (C=O) groups excluding carboxylic acids is 2. The van der Waals surface area contributed by atoms with E-state index in [1.807, 2.05) is 12.1 Å². The van der Waals surface area contributed by atoms with Gasteiger partial charge in [0.05, 0.1) is 6.33 Å². The maximum absolute atomic E-state index is 12.9. The first-order valence-corrected chi connectivity index (χ1v) is 12.2. The minimum atomic E-state index is -0.619. The van der Waals surface area contributed by atoms with Crippen LogP contribution < -0.4 is 15.0 Å². The molecule has 2 aliphatic heterocycles. The number of rotatable bonds is 5. The summed E-state index contributed by atoms with van der Waals surface area (Å²) in [4.78, 5) is 44.8. The Balaban J connectivity index is 1.29. The summed E-state index contributed by atoms with van der Waals surface area (Å²) in [6.45, 7) is 7.05. The number of amides is 2. The molecule has 1 unspecified atom stereocenters. The van der Waals surface area contributed by atoms with Gasteiger partial charge in [0, 0.05) is 31.6 Å². The molecule has 2 aliphatic rings. The van der Waals surface area contributed by atoms with E-state index in [1.54, 1.807) is 32.0 Å². The summed E-state index contributed by atoms with van der Waals surface area (Å²) in [6.07, 6.45) is 4.89. The van der Waals surface area contributed by atoms with Crippen LogP contribution in [0.4, 0.5) is 10.6 Å². The second-order valence-corrected chi connectivity index (χ2v) is 10.0. The first-order chi connectivity index (χ1) is 17.3. The fourth-order valence-electron chi connectivity index (χ4n) is 4.66. The number of ether oxygens (including phenoxy) is 2. The summed E-state index contributed by atoms with van der Waals surface area (Å²) in [6, 6.07) is 6.02. The summed E-state index contributed by atoms with van der Waals surface area (Å²) < 4.78 is 11.8. The molecule has 0 bridgehead atoms. The van der Waals surface area contributed by atoms with E-state index in [9.17, 15) is 9.59 Å². The SMILES string of the molecule is CC(C)(C)OC(=O)NCC(=O)N1CCc2cccc(OC3CCCN3c3ncnc4nc[nH]c34)c2C1. The number of alkyl carbamates (subject to hydrolysis) is 1. The molecule has 0 aliphatic carbocycles. The maximum atomic E-state index is 12.9. The van der Waals surface area contributed by atoms with Crippen molar-refractivity contribution in [2.24, 2.45) is 0 Å². The van der Waals surface area contributed by atoms with E-state index in [2.05, 4.69) is 36.2 Å². The number of aromatic nitrogens is 4. The molecule has 5 rings (SSSR count). The summed E-state index contributed by atoms with van der Waals surface area (Å²) in [7, 11) is 0. The first kappa shape index (κ1) is 23.8. The van der Waals surface area contributed by atoms with Gasteiger partial charge in [0.1, 0.15) is 29.7 Å². The van der Waals surface area contributed by atoms with E-state index in [0.29, 0.717) is 18.7 Å². The van der Waals surface area contributed by atoms with Crippen molar-refractivity contribution in [3.8, 4) is 5.75 Å². The predicted octanol–water partition coefficient (Wildman–Crippen LogP) is 2.77. The Morgan fingerprint density at radius 2 is 2.06 bits per heavy atom. The number of nitrogens with zero attached hydrogens (tertiary/aromatic N) is 5. The van der Waals surface area contributed by atoms with Gasteiger partial charge in [-0.05, 0) is 45.2 Å². The van der Waals surface area contributed by atoms with Gasteiger partial charge in [-0.15, -0.1) is 0 Å². The van der Waals surface area contributed by atoms with E-state index in [1.165, 1.54) is 11.9 Å². The monoisotopic (exact) mass is 493 g/mol. The molecule has 0 spiro atoms. The van der Waals surface area contributed by atoms with Crippen LogP contribution in [0.5, 0.6) is 5.75 Å². The number of nitrogens with one attached hydrogen (secondary N) is 2.